The highest BCUT2D eigenvalue weighted by Crippen LogP contribution is 2.21. The van der Waals surface area contributed by atoms with Gasteiger partial charge >= 0.3 is 0 Å². The molecule has 2 rings (SSSR count). The van der Waals surface area contributed by atoms with E-state index in [-0.39, 0.29) is 0 Å². The Bertz CT molecular complexity index is 263. The number of hydrogen-bond donors (Lipinski definition) is 0. The lowest BCUT2D eigenvalue weighted by molar-refractivity contribution is -0.130. The second-order valence-corrected chi connectivity index (χ2v) is 5.31. The molecule has 0 spiro atoms. The lowest BCUT2D eigenvalue weighted by Crippen LogP contribution is -2.45. The van der Waals surface area contributed by atoms with Gasteiger partial charge in [0, 0.05) is 51.9 Å². The second kappa shape index (κ2) is 7.10. The maximum Gasteiger partial charge on any atom is 0.222 e. The maximum absolute atomic E-state index is 11.7. The van der Waals surface area contributed by atoms with E-state index < -0.39 is 0 Å². The summed E-state index contributed by atoms with van der Waals surface area (Å²) in [6.07, 6.45) is 5.27. The van der Waals surface area contributed by atoms with E-state index in [4.69, 9.17) is 4.74 Å². The van der Waals surface area contributed by atoms with Gasteiger partial charge in [0.15, 0.2) is 0 Å². The first-order valence-electron chi connectivity index (χ1n) is 7.41. The van der Waals surface area contributed by atoms with E-state index in [2.05, 4.69) is 9.80 Å². The summed E-state index contributed by atoms with van der Waals surface area (Å²) in [6, 6.07) is 0.517. The molecule has 0 aromatic carbocycles. The first-order chi connectivity index (χ1) is 8.81. The molecule has 2 heterocycles. The van der Waals surface area contributed by atoms with Gasteiger partial charge in [-0.2, -0.15) is 0 Å². The molecular weight excluding hydrogens is 228 g/mol. The van der Waals surface area contributed by atoms with Crippen LogP contribution in [0.4, 0.5) is 0 Å². The molecule has 0 atom stereocenters. The molecular formula is C14H26N2O2. The Balaban J connectivity index is 1.63. The predicted octanol–water partition coefficient (Wildman–Crippen LogP) is 1.50. The molecule has 2 fully saturated rings. The number of amides is 1. The molecule has 0 radical (unpaired) electrons. The molecule has 104 valence electrons. The van der Waals surface area contributed by atoms with Crippen molar-refractivity contribution in [2.24, 2.45) is 0 Å². The van der Waals surface area contributed by atoms with E-state index in [1.165, 1.54) is 0 Å². The third-order valence-corrected chi connectivity index (χ3v) is 4.08. The fourth-order valence-electron chi connectivity index (χ4n) is 3.04. The van der Waals surface area contributed by atoms with Crippen LogP contribution in [0.3, 0.4) is 0 Å². The predicted molar refractivity (Wildman–Crippen MR) is 71.5 cm³/mol. The van der Waals surface area contributed by atoms with Crippen LogP contribution in [0.15, 0.2) is 0 Å². The number of carbonyl (C=O) groups is 1. The molecule has 2 saturated heterocycles. The highest BCUT2D eigenvalue weighted by atomic mass is 16.5. The van der Waals surface area contributed by atoms with Gasteiger partial charge in [-0.25, -0.2) is 0 Å². The van der Waals surface area contributed by atoms with E-state index in [1.807, 2.05) is 6.92 Å². The highest BCUT2D eigenvalue weighted by Gasteiger charge is 2.30. The van der Waals surface area contributed by atoms with E-state index in [9.17, 15) is 4.79 Å². The SMILES string of the molecule is CCOCCCN1CCC(N2CCCC2=O)CC1. The fraction of sp³-hybridized carbons (Fsp3) is 0.929. The third kappa shape index (κ3) is 3.69. The van der Waals surface area contributed by atoms with Gasteiger partial charge in [0.2, 0.25) is 5.91 Å². The summed E-state index contributed by atoms with van der Waals surface area (Å²) in [5.74, 6) is 0.379. The summed E-state index contributed by atoms with van der Waals surface area (Å²) in [5, 5.41) is 0. The monoisotopic (exact) mass is 254 g/mol. The van der Waals surface area contributed by atoms with Crippen molar-refractivity contribution in [3.05, 3.63) is 0 Å². The van der Waals surface area contributed by atoms with Crippen LogP contribution < -0.4 is 0 Å². The van der Waals surface area contributed by atoms with E-state index in [1.54, 1.807) is 0 Å². The Labute approximate surface area is 110 Å². The number of ether oxygens (including phenoxy) is 1. The minimum absolute atomic E-state index is 0.379. The zero-order valence-electron chi connectivity index (χ0n) is 11.6. The molecule has 2 aliphatic heterocycles. The maximum atomic E-state index is 11.7. The second-order valence-electron chi connectivity index (χ2n) is 5.31. The largest absolute Gasteiger partial charge is 0.382 e. The minimum Gasteiger partial charge on any atom is -0.382 e. The first kappa shape index (κ1) is 13.8. The molecule has 0 unspecified atom stereocenters. The third-order valence-electron chi connectivity index (χ3n) is 4.08. The van der Waals surface area contributed by atoms with Crippen LogP contribution >= 0.6 is 0 Å². The molecule has 0 bridgehead atoms. The molecule has 2 aliphatic rings. The van der Waals surface area contributed by atoms with E-state index >= 15 is 0 Å². The Morgan fingerprint density at radius 1 is 1.28 bits per heavy atom. The van der Waals surface area contributed by atoms with Gasteiger partial charge in [0.05, 0.1) is 0 Å². The Morgan fingerprint density at radius 2 is 2.06 bits per heavy atom. The van der Waals surface area contributed by atoms with Crippen molar-refractivity contribution in [1.82, 2.24) is 9.80 Å². The molecule has 0 N–H and O–H groups in total. The molecule has 0 aromatic heterocycles. The van der Waals surface area contributed by atoms with E-state index in [0.717, 1.165) is 71.5 Å². The number of hydrogen-bond acceptors (Lipinski definition) is 3. The Morgan fingerprint density at radius 3 is 2.67 bits per heavy atom. The van der Waals surface area contributed by atoms with Gasteiger partial charge < -0.3 is 14.5 Å². The van der Waals surface area contributed by atoms with Crippen LogP contribution in [-0.4, -0.2) is 61.1 Å². The summed E-state index contributed by atoms with van der Waals surface area (Å²) in [4.78, 5) is 16.3. The lowest BCUT2D eigenvalue weighted by atomic mass is 10.0. The molecule has 18 heavy (non-hydrogen) atoms. The van der Waals surface area contributed by atoms with Crippen LogP contribution in [-0.2, 0) is 9.53 Å². The van der Waals surface area contributed by atoms with Crippen molar-refractivity contribution >= 4 is 5.91 Å². The van der Waals surface area contributed by atoms with Crippen molar-refractivity contribution in [2.45, 2.75) is 45.1 Å². The Hall–Kier alpha value is -0.610. The summed E-state index contributed by atoms with van der Waals surface area (Å²) in [5.41, 5.74) is 0. The standard InChI is InChI=1S/C14H26N2O2/c1-2-18-12-4-8-15-10-6-13(7-11-15)16-9-3-5-14(16)17/h13H,2-12H2,1H3. The smallest absolute Gasteiger partial charge is 0.222 e. The zero-order valence-corrected chi connectivity index (χ0v) is 11.6. The fourth-order valence-corrected chi connectivity index (χ4v) is 3.04. The number of piperidine rings is 1. The number of nitrogens with zero attached hydrogens (tertiary/aromatic N) is 2. The van der Waals surface area contributed by atoms with Crippen molar-refractivity contribution in [2.75, 3.05) is 39.4 Å². The van der Waals surface area contributed by atoms with Gasteiger partial charge in [-0.05, 0) is 32.6 Å². The summed E-state index contributed by atoms with van der Waals surface area (Å²) < 4.78 is 5.36. The van der Waals surface area contributed by atoms with Crippen molar-refractivity contribution in [1.29, 1.82) is 0 Å². The van der Waals surface area contributed by atoms with Gasteiger partial charge in [-0.1, -0.05) is 0 Å². The molecule has 0 aromatic rings. The molecule has 0 saturated carbocycles. The number of carbonyl (C=O) groups excluding carboxylic acids is 1. The van der Waals surface area contributed by atoms with Gasteiger partial charge in [0.25, 0.3) is 0 Å². The summed E-state index contributed by atoms with van der Waals surface area (Å²) >= 11 is 0. The van der Waals surface area contributed by atoms with Crippen LogP contribution in [0.1, 0.15) is 39.0 Å². The van der Waals surface area contributed by atoms with Crippen LogP contribution in [0.5, 0.6) is 0 Å². The molecule has 4 heteroatoms. The van der Waals surface area contributed by atoms with Crippen molar-refractivity contribution in [3.8, 4) is 0 Å². The summed E-state index contributed by atoms with van der Waals surface area (Å²) in [6.45, 7) is 8.15. The average molecular weight is 254 g/mol. The van der Waals surface area contributed by atoms with Crippen molar-refractivity contribution < 1.29 is 9.53 Å². The number of rotatable bonds is 6. The molecule has 4 nitrogen and oxygen atoms in total. The number of likely N-dealkylation sites (tertiary alicyclic amines) is 2. The normalized spacial score (nSPS) is 22.9. The lowest BCUT2D eigenvalue weighted by Gasteiger charge is -2.36. The quantitative estimate of drug-likeness (QED) is 0.673. The molecule has 0 aliphatic carbocycles. The van der Waals surface area contributed by atoms with Gasteiger partial charge in [0.1, 0.15) is 0 Å². The highest BCUT2D eigenvalue weighted by molar-refractivity contribution is 5.78. The average Bonchev–Trinajstić information content (AvgIpc) is 2.82. The van der Waals surface area contributed by atoms with Crippen LogP contribution in [0.25, 0.3) is 0 Å². The summed E-state index contributed by atoms with van der Waals surface area (Å²) in [7, 11) is 0. The van der Waals surface area contributed by atoms with Crippen LogP contribution in [0.2, 0.25) is 0 Å². The van der Waals surface area contributed by atoms with Gasteiger partial charge in [-0.15, -0.1) is 0 Å². The zero-order chi connectivity index (χ0) is 12.8. The minimum atomic E-state index is 0.379. The van der Waals surface area contributed by atoms with Crippen LogP contribution in [0, 0.1) is 0 Å². The molecule has 1 amide bonds. The first-order valence-corrected chi connectivity index (χ1v) is 7.41. The van der Waals surface area contributed by atoms with E-state index in [0.29, 0.717) is 11.9 Å². The van der Waals surface area contributed by atoms with Gasteiger partial charge in [-0.3, -0.25) is 4.79 Å². The van der Waals surface area contributed by atoms with Crippen molar-refractivity contribution in [3.63, 3.8) is 0 Å². The topological polar surface area (TPSA) is 32.8 Å². The Kier molecular flexibility index (Phi) is 5.45.